The van der Waals surface area contributed by atoms with Crippen molar-refractivity contribution in [3.63, 3.8) is 0 Å². The maximum atomic E-state index is 13.4. The van der Waals surface area contributed by atoms with Crippen LogP contribution in [0.5, 0.6) is 5.88 Å². The van der Waals surface area contributed by atoms with Crippen LogP contribution in [0.25, 0.3) is 4.96 Å². The number of likely N-dealkylation sites (tertiary alicyclic amines) is 1. The number of benzene rings is 1. The van der Waals surface area contributed by atoms with Gasteiger partial charge in [-0.2, -0.15) is 9.61 Å². The number of halogens is 1. The molecule has 0 amide bonds. The van der Waals surface area contributed by atoms with Gasteiger partial charge in [0.15, 0.2) is 6.04 Å². The second-order valence-electron chi connectivity index (χ2n) is 6.68. The summed E-state index contributed by atoms with van der Waals surface area (Å²) >= 11 is 1.38. The van der Waals surface area contributed by atoms with Gasteiger partial charge in [0.25, 0.3) is 0 Å². The SMILES string of the molecule is COC(=O)C1CC[NH+]([C@@H](c2ccc(F)cc2)c2sc3ncnn3c2O)CC1. The Morgan fingerprint density at radius 3 is 2.70 bits per heavy atom. The minimum Gasteiger partial charge on any atom is -0.492 e. The number of ether oxygens (including phenoxy) is 1. The average molecular weight is 391 g/mol. The van der Waals surface area contributed by atoms with E-state index in [1.807, 2.05) is 0 Å². The average Bonchev–Trinajstić information content (AvgIpc) is 3.27. The van der Waals surface area contributed by atoms with Gasteiger partial charge in [-0.15, -0.1) is 0 Å². The van der Waals surface area contributed by atoms with E-state index < -0.39 is 0 Å². The number of nitrogens with one attached hydrogen (secondary N) is 1. The normalized spacial score (nSPS) is 21.3. The minimum absolute atomic E-state index is 0.0596. The highest BCUT2D eigenvalue weighted by Crippen LogP contribution is 2.35. The Morgan fingerprint density at radius 2 is 2.07 bits per heavy atom. The molecule has 1 aliphatic rings. The summed E-state index contributed by atoms with van der Waals surface area (Å²) in [7, 11) is 1.41. The molecule has 1 aliphatic heterocycles. The topological polar surface area (TPSA) is 81.2 Å². The third-order valence-corrected chi connectivity index (χ3v) is 6.27. The number of thiazole rings is 1. The number of fused-ring (bicyclic) bond motifs is 1. The predicted octanol–water partition coefficient (Wildman–Crippen LogP) is 1.19. The number of quaternary nitrogens is 1. The van der Waals surface area contributed by atoms with Crippen LogP contribution in [0.4, 0.5) is 4.39 Å². The fourth-order valence-electron chi connectivity index (χ4n) is 3.79. The van der Waals surface area contributed by atoms with Crippen LogP contribution < -0.4 is 4.90 Å². The van der Waals surface area contributed by atoms with Crippen LogP contribution in [-0.4, -0.2) is 45.9 Å². The number of hydrogen-bond acceptors (Lipinski definition) is 6. The Kier molecular flexibility index (Phi) is 4.79. The summed E-state index contributed by atoms with van der Waals surface area (Å²) in [5.41, 5.74) is 0.905. The summed E-state index contributed by atoms with van der Waals surface area (Å²) in [4.78, 5) is 18.5. The van der Waals surface area contributed by atoms with Crippen molar-refractivity contribution in [3.05, 3.63) is 46.9 Å². The smallest absolute Gasteiger partial charge is 0.309 e. The van der Waals surface area contributed by atoms with Gasteiger partial charge in [-0.1, -0.05) is 11.3 Å². The maximum absolute atomic E-state index is 13.4. The van der Waals surface area contributed by atoms with Crippen molar-refractivity contribution in [3.8, 4) is 5.88 Å². The van der Waals surface area contributed by atoms with Crippen LogP contribution in [0, 0.1) is 11.7 Å². The van der Waals surface area contributed by atoms with Crippen molar-refractivity contribution in [1.82, 2.24) is 14.6 Å². The molecule has 1 fully saturated rings. The molecule has 142 valence electrons. The molecule has 1 atom stereocenters. The lowest BCUT2D eigenvalue weighted by molar-refractivity contribution is -0.930. The van der Waals surface area contributed by atoms with Gasteiger partial charge >= 0.3 is 5.97 Å². The lowest BCUT2D eigenvalue weighted by atomic mass is 9.93. The molecule has 3 aromatic rings. The fourth-order valence-corrected chi connectivity index (χ4v) is 4.90. The van der Waals surface area contributed by atoms with Crippen LogP contribution in [0.1, 0.15) is 29.3 Å². The Balaban J connectivity index is 1.69. The molecule has 2 aromatic heterocycles. The first-order chi connectivity index (χ1) is 13.1. The van der Waals surface area contributed by atoms with Crippen molar-refractivity contribution in [2.24, 2.45) is 5.92 Å². The summed E-state index contributed by atoms with van der Waals surface area (Å²) in [6.07, 6.45) is 2.82. The van der Waals surface area contributed by atoms with Crippen molar-refractivity contribution < 1.29 is 23.9 Å². The number of esters is 1. The van der Waals surface area contributed by atoms with Crippen LogP contribution >= 0.6 is 11.3 Å². The molecule has 0 aliphatic carbocycles. The number of hydrogen-bond donors (Lipinski definition) is 2. The predicted molar refractivity (Wildman–Crippen MR) is 96.2 cm³/mol. The van der Waals surface area contributed by atoms with Crippen LogP contribution in [0.15, 0.2) is 30.6 Å². The van der Waals surface area contributed by atoms with E-state index in [1.54, 1.807) is 12.1 Å². The van der Waals surface area contributed by atoms with Crippen molar-refractivity contribution in [2.75, 3.05) is 20.2 Å². The largest absolute Gasteiger partial charge is 0.492 e. The molecule has 1 aromatic carbocycles. The molecule has 3 heterocycles. The Morgan fingerprint density at radius 1 is 1.37 bits per heavy atom. The first-order valence-corrected chi connectivity index (χ1v) is 9.59. The van der Waals surface area contributed by atoms with E-state index in [0.29, 0.717) is 17.8 Å². The van der Waals surface area contributed by atoms with E-state index >= 15 is 0 Å². The Hall–Kier alpha value is -2.52. The van der Waals surface area contributed by atoms with E-state index in [-0.39, 0.29) is 29.6 Å². The Labute approximate surface area is 159 Å². The van der Waals surface area contributed by atoms with Gasteiger partial charge in [-0.3, -0.25) is 4.79 Å². The van der Waals surface area contributed by atoms with E-state index in [1.165, 1.54) is 46.3 Å². The molecule has 0 radical (unpaired) electrons. The second-order valence-corrected chi connectivity index (χ2v) is 7.69. The summed E-state index contributed by atoms with van der Waals surface area (Å²) in [5, 5.41) is 14.7. The molecule has 2 N–H and O–H groups in total. The molecule has 0 saturated carbocycles. The first-order valence-electron chi connectivity index (χ1n) is 8.77. The summed E-state index contributed by atoms with van der Waals surface area (Å²) in [6.45, 7) is 1.49. The quantitative estimate of drug-likeness (QED) is 0.653. The lowest BCUT2D eigenvalue weighted by Crippen LogP contribution is -3.13. The number of methoxy groups -OCH3 is 1. The molecule has 0 unspecified atom stereocenters. The molecule has 0 spiro atoms. The number of nitrogens with zero attached hydrogens (tertiary/aromatic N) is 3. The number of aromatic nitrogens is 3. The number of carbonyl (C=O) groups is 1. The third-order valence-electron chi connectivity index (χ3n) is 5.17. The number of rotatable bonds is 4. The number of aromatic hydroxyl groups is 1. The van der Waals surface area contributed by atoms with Gasteiger partial charge in [-0.05, 0) is 24.3 Å². The fraction of sp³-hybridized carbons (Fsp3) is 0.389. The monoisotopic (exact) mass is 391 g/mol. The lowest BCUT2D eigenvalue weighted by Gasteiger charge is -2.33. The summed E-state index contributed by atoms with van der Waals surface area (Å²) < 4.78 is 19.7. The van der Waals surface area contributed by atoms with Gasteiger partial charge in [0.05, 0.1) is 26.1 Å². The van der Waals surface area contributed by atoms with E-state index in [9.17, 15) is 14.3 Å². The van der Waals surface area contributed by atoms with Crippen LogP contribution in [0.3, 0.4) is 0 Å². The highest BCUT2D eigenvalue weighted by atomic mass is 32.1. The van der Waals surface area contributed by atoms with E-state index in [0.717, 1.165) is 23.5 Å². The molecule has 0 bridgehead atoms. The first kappa shape index (κ1) is 17.9. The molecule has 7 nitrogen and oxygen atoms in total. The Bertz CT molecular complexity index is 947. The zero-order chi connectivity index (χ0) is 19.0. The van der Waals surface area contributed by atoms with Crippen molar-refractivity contribution in [1.29, 1.82) is 0 Å². The van der Waals surface area contributed by atoms with E-state index in [2.05, 4.69) is 10.1 Å². The van der Waals surface area contributed by atoms with Gasteiger partial charge in [-0.25, -0.2) is 9.37 Å². The highest BCUT2D eigenvalue weighted by Gasteiger charge is 2.37. The van der Waals surface area contributed by atoms with Crippen LogP contribution in [-0.2, 0) is 9.53 Å². The third kappa shape index (κ3) is 3.28. The van der Waals surface area contributed by atoms with Gasteiger partial charge in [0.2, 0.25) is 10.8 Å². The van der Waals surface area contributed by atoms with Crippen molar-refractivity contribution >= 4 is 22.3 Å². The molecular formula is C18H20FN4O3S+. The molecular weight excluding hydrogens is 371 g/mol. The minimum atomic E-state index is -0.302. The molecule has 1 saturated heterocycles. The molecule has 27 heavy (non-hydrogen) atoms. The number of piperidine rings is 1. The maximum Gasteiger partial charge on any atom is 0.309 e. The molecule has 9 heteroatoms. The second kappa shape index (κ2) is 7.24. The summed E-state index contributed by atoms with van der Waals surface area (Å²) in [6, 6.07) is 6.16. The van der Waals surface area contributed by atoms with Gasteiger partial charge < -0.3 is 14.7 Å². The van der Waals surface area contributed by atoms with Crippen LogP contribution in [0.2, 0.25) is 0 Å². The van der Waals surface area contributed by atoms with Crippen molar-refractivity contribution in [2.45, 2.75) is 18.9 Å². The molecule has 4 rings (SSSR count). The highest BCUT2D eigenvalue weighted by molar-refractivity contribution is 7.17. The zero-order valence-corrected chi connectivity index (χ0v) is 15.6. The van der Waals surface area contributed by atoms with Gasteiger partial charge in [0, 0.05) is 18.4 Å². The summed E-state index contributed by atoms with van der Waals surface area (Å²) in [5.74, 6) is -0.509. The zero-order valence-electron chi connectivity index (χ0n) is 14.8. The van der Waals surface area contributed by atoms with Gasteiger partial charge in [0.1, 0.15) is 17.0 Å². The standard InChI is InChI=1S/C18H19FN4O3S/c1-26-17(25)12-6-8-22(9-7-12)14(11-2-4-13(19)5-3-11)15-16(24)23-18(27-15)20-10-21-23/h2-5,10,12,14,24H,6-9H2,1H3/p+1/t14-/m0/s1. The van der Waals surface area contributed by atoms with E-state index in [4.69, 9.17) is 4.74 Å². The number of carbonyl (C=O) groups excluding carboxylic acids is 1.